The maximum atomic E-state index is 12.6. The number of carboxylic acids is 2. The van der Waals surface area contributed by atoms with Crippen molar-refractivity contribution < 1.29 is 24.6 Å². The van der Waals surface area contributed by atoms with Crippen LogP contribution in [0.1, 0.15) is 26.2 Å². The number of carbonyl (C=O) groups excluding carboxylic acids is 1. The highest BCUT2D eigenvalue weighted by Gasteiger charge is 2.56. The van der Waals surface area contributed by atoms with E-state index in [-0.39, 0.29) is 36.2 Å². The van der Waals surface area contributed by atoms with Crippen molar-refractivity contribution in [2.24, 2.45) is 5.41 Å². The van der Waals surface area contributed by atoms with Gasteiger partial charge in [-0.3, -0.25) is 14.4 Å². The van der Waals surface area contributed by atoms with Gasteiger partial charge in [0, 0.05) is 24.6 Å². The van der Waals surface area contributed by atoms with E-state index in [2.05, 4.69) is 33.1 Å². The van der Waals surface area contributed by atoms with Crippen LogP contribution in [0.2, 0.25) is 0 Å². The van der Waals surface area contributed by atoms with E-state index in [0.29, 0.717) is 24.0 Å². The van der Waals surface area contributed by atoms with Gasteiger partial charge in [0.2, 0.25) is 11.1 Å². The van der Waals surface area contributed by atoms with Gasteiger partial charge in [-0.2, -0.15) is 0 Å². The van der Waals surface area contributed by atoms with Crippen LogP contribution in [0.4, 0.5) is 0 Å². The third kappa shape index (κ3) is 5.71. The van der Waals surface area contributed by atoms with Crippen LogP contribution in [-0.2, 0) is 20.9 Å². The summed E-state index contributed by atoms with van der Waals surface area (Å²) in [5.74, 6) is -1.30. The summed E-state index contributed by atoms with van der Waals surface area (Å²) in [5, 5.41) is 36.7. The fourth-order valence-corrected chi connectivity index (χ4v) is 6.41. The molecule has 1 aromatic heterocycles. The van der Waals surface area contributed by atoms with Gasteiger partial charge in [0.15, 0.2) is 0 Å². The Morgan fingerprint density at radius 2 is 2.12 bits per heavy atom. The Labute approximate surface area is 194 Å². The van der Waals surface area contributed by atoms with E-state index in [9.17, 15) is 19.5 Å². The van der Waals surface area contributed by atoms with Crippen LogP contribution in [0.25, 0.3) is 0 Å². The monoisotopic (exact) mass is 487 g/mol. The summed E-state index contributed by atoms with van der Waals surface area (Å²) in [7, 11) is 0. The average molecular weight is 488 g/mol. The molecule has 2 aliphatic rings. The summed E-state index contributed by atoms with van der Waals surface area (Å²) >= 11 is 2.74. The molecule has 178 valence electrons. The van der Waals surface area contributed by atoms with Gasteiger partial charge in [-0.15, -0.1) is 16.9 Å². The molecule has 12 nitrogen and oxygen atoms in total. The van der Waals surface area contributed by atoms with E-state index in [1.54, 1.807) is 4.90 Å². The highest BCUT2D eigenvalue weighted by atomic mass is 32.2. The lowest BCUT2D eigenvalue weighted by Gasteiger charge is -2.54. The molecule has 0 bridgehead atoms. The van der Waals surface area contributed by atoms with Gasteiger partial charge in [-0.25, -0.2) is 4.68 Å². The van der Waals surface area contributed by atoms with Crippen LogP contribution < -0.4 is 10.6 Å². The predicted molar refractivity (Wildman–Crippen MR) is 118 cm³/mol. The number of hydrogen-bond acceptors (Lipinski definition) is 10. The molecule has 2 unspecified atom stereocenters. The van der Waals surface area contributed by atoms with Gasteiger partial charge in [-0.05, 0) is 23.4 Å². The van der Waals surface area contributed by atoms with Crippen molar-refractivity contribution >= 4 is 41.4 Å². The van der Waals surface area contributed by atoms with Crippen molar-refractivity contribution in [3.63, 3.8) is 0 Å². The van der Waals surface area contributed by atoms with Crippen LogP contribution >= 0.6 is 23.5 Å². The van der Waals surface area contributed by atoms with E-state index in [0.717, 1.165) is 25.8 Å². The standard InChI is InChI=1S/C18H29N7O5S2/c1-2-3-4-5-20-13-14(28)24-9-18(16(29)30,10-31-15(13)24)11-32-17-21-22-23-25(17)7-6-19-8-12(26)27/h13,15,19-20H,2-11H2,1H3,(H,26,27)(H,29,30)/t13?,15-,18?/m1/s1. The van der Waals surface area contributed by atoms with Crippen molar-refractivity contribution in [2.75, 3.05) is 37.7 Å². The molecule has 3 rings (SSSR count). The van der Waals surface area contributed by atoms with Crippen LogP contribution in [0.5, 0.6) is 0 Å². The van der Waals surface area contributed by atoms with Gasteiger partial charge in [0.25, 0.3) is 0 Å². The minimum absolute atomic E-state index is 0.0211. The Hall–Kier alpha value is -1.90. The first-order chi connectivity index (χ1) is 15.4. The lowest BCUT2D eigenvalue weighted by atomic mass is 9.89. The molecule has 2 fully saturated rings. The highest BCUT2D eigenvalue weighted by molar-refractivity contribution is 8.00. The number of β-lactam (4-membered cyclic amide) rings is 1. The molecule has 0 aliphatic carbocycles. The van der Waals surface area contributed by atoms with Crippen molar-refractivity contribution in [3.8, 4) is 0 Å². The first-order valence-electron chi connectivity index (χ1n) is 10.6. The van der Waals surface area contributed by atoms with Gasteiger partial charge in [-0.1, -0.05) is 31.5 Å². The van der Waals surface area contributed by atoms with Crippen molar-refractivity contribution in [3.05, 3.63) is 0 Å². The van der Waals surface area contributed by atoms with E-state index in [1.807, 2.05) is 0 Å². The van der Waals surface area contributed by atoms with Crippen LogP contribution in [0, 0.1) is 5.41 Å². The second-order valence-electron chi connectivity index (χ2n) is 7.94. The van der Waals surface area contributed by atoms with Crippen molar-refractivity contribution in [1.29, 1.82) is 0 Å². The zero-order valence-corrected chi connectivity index (χ0v) is 19.5. The van der Waals surface area contributed by atoms with Crippen LogP contribution in [0.15, 0.2) is 5.16 Å². The first kappa shape index (κ1) is 24.7. The number of hydrogen-bond donors (Lipinski definition) is 4. The zero-order valence-electron chi connectivity index (χ0n) is 17.9. The number of unbranched alkanes of at least 4 members (excludes halogenated alkanes) is 2. The van der Waals surface area contributed by atoms with Crippen molar-refractivity contribution in [1.82, 2.24) is 35.7 Å². The summed E-state index contributed by atoms with van der Waals surface area (Å²) in [5.41, 5.74) is -1.09. The predicted octanol–water partition coefficient (Wildman–Crippen LogP) is -0.426. The molecule has 14 heteroatoms. The van der Waals surface area contributed by atoms with E-state index in [4.69, 9.17) is 5.11 Å². The molecule has 0 spiro atoms. The SMILES string of the molecule is CCCCCNC1C(=O)N2CC(CSc3nnnn3CCNCC(=O)O)(C(=O)O)CS[C@H]12. The molecule has 32 heavy (non-hydrogen) atoms. The Morgan fingerprint density at radius 1 is 1.31 bits per heavy atom. The number of nitrogens with one attached hydrogen (secondary N) is 2. The molecule has 3 heterocycles. The van der Waals surface area contributed by atoms with Gasteiger partial charge in [0.05, 0.1) is 13.1 Å². The Morgan fingerprint density at radius 3 is 2.84 bits per heavy atom. The van der Waals surface area contributed by atoms with E-state index < -0.39 is 17.4 Å². The van der Waals surface area contributed by atoms with Gasteiger partial charge in [0.1, 0.15) is 16.8 Å². The topological polar surface area (TPSA) is 163 Å². The number of tetrazole rings is 1. The van der Waals surface area contributed by atoms with Crippen molar-refractivity contribution in [2.45, 2.75) is 49.3 Å². The Balaban J connectivity index is 1.54. The minimum atomic E-state index is -1.09. The number of carbonyl (C=O) groups is 3. The van der Waals surface area contributed by atoms with Crippen LogP contribution in [-0.4, -0.2) is 102 Å². The number of thioether (sulfide) groups is 2. The third-order valence-corrected chi connectivity index (χ3v) is 8.33. The minimum Gasteiger partial charge on any atom is -0.481 e. The fourth-order valence-electron chi connectivity index (χ4n) is 3.62. The number of fused-ring (bicyclic) bond motifs is 1. The molecular weight excluding hydrogens is 458 g/mol. The summed E-state index contributed by atoms with van der Waals surface area (Å²) in [6.07, 6.45) is 3.25. The molecule has 4 N–H and O–H groups in total. The smallest absolute Gasteiger partial charge is 0.317 e. The average Bonchev–Trinajstić information content (AvgIpc) is 3.22. The molecule has 1 aromatic rings. The number of nitrogens with zero attached hydrogens (tertiary/aromatic N) is 5. The molecule has 0 radical (unpaired) electrons. The summed E-state index contributed by atoms with van der Waals surface area (Å²) in [4.78, 5) is 37.1. The second kappa shape index (κ2) is 11.3. The molecule has 0 aromatic carbocycles. The molecular formula is C18H29N7O5S2. The summed E-state index contributed by atoms with van der Waals surface area (Å²) in [6.45, 7) is 3.64. The van der Waals surface area contributed by atoms with E-state index >= 15 is 0 Å². The normalized spacial score (nSPS) is 24.8. The quantitative estimate of drug-likeness (QED) is 0.152. The summed E-state index contributed by atoms with van der Waals surface area (Å²) < 4.78 is 1.51. The maximum absolute atomic E-state index is 12.6. The molecule has 1 amide bonds. The number of amides is 1. The molecule has 2 aliphatic heterocycles. The second-order valence-corrected chi connectivity index (χ2v) is 9.98. The highest BCUT2D eigenvalue weighted by Crippen LogP contribution is 2.44. The lowest BCUT2D eigenvalue weighted by molar-refractivity contribution is -0.156. The Bertz CT molecular complexity index is 825. The number of aliphatic carboxylic acids is 2. The lowest BCUT2D eigenvalue weighted by Crippen LogP contribution is -2.73. The maximum Gasteiger partial charge on any atom is 0.317 e. The van der Waals surface area contributed by atoms with Crippen LogP contribution in [0.3, 0.4) is 0 Å². The van der Waals surface area contributed by atoms with Gasteiger partial charge < -0.3 is 25.7 Å². The number of carboxylic acid groups (broad SMARTS) is 2. The van der Waals surface area contributed by atoms with E-state index in [1.165, 1.54) is 28.2 Å². The zero-order chi connectivity index (χ0) is 23.1. The largest absolute Gasteiger partial charge is 0.481 e. The first-order valence-corrected chi connectivity index (χ1v) is 12.6. The molecule has 3 atom stereocenters. The number of aromatic nitrogens is 4. The summed E-state index contributed by atoms with van der Waals surface area (Å²) in [6, 6.07) is -0.234. The third-order valence-electron chi connectivity index (χ3n) is 5.50. The van der Waals surface area contributed by atoms with Gasteiger partial charge >= 0.3 is 11.9 Å². The molecule has 0 saturated carbocycles. The number of rotatable bonds is 14. The Kier molecular flexibility index (Phi) is 8.73. The molecule has 2 saturated heterocycles. The fraction of sp³-hybridized carbons (Fsp3) is 0.778.